The van der Waals surface area contributed by atoms with Crippen molar-refractivity contribution in [3.63, 3.8) is 0 Å². The Balaban J connectivity index is 2.18. The van der Waals surface area contributed by atoms with Crippen LogP contribution in [0.4, 0.5) is 0 Å². The Morgan fingerprint density at radius 2 is 1.21 bits per heavy atom. The molecule has 0 aliphatic heterocycles. The molecule has 2 aromatic carbocycles. The van der Waals surface area contributed by atoms with Gasteiger partial charge in [-0.15, -0.1) is 11.6 Å². The Bertz CT molecular complexity index is 657. The normalized spacial score (nSPS) is 13.7. The lowest BCUT2D eigenvalue weighted by atomic mass is 9.96. The topological polar surface area (TPSA) is 97.6 Å². The zero-order chi connectivity index (χ0) is 21.3. The number of alkyl halides is 1. The number of halogens is 1. The van der Waals surface area contributed by atoms with Crippen LogP contribution in [-0.2, 0) is 15.3 Å². The van der Waals surface area contributed by atoms with E-state index in [-0.39, 0.29) is 25.7 Å². The second-order valence-electron chi connectivity index (χ2n) is 6.34. The molecule has 2 unspecified atom stereocenters. The van der Waals surface area contributed by atoms with Gasteiger partial charge in [-0.1, -0.05) is 0 Å². The summed E-state index contributed by atoms with van der Waals surface area (Å²) in [6, 6.07) is 14.2. The van der Waals surface area contributed by atoms with Crippen molar-refractivity contribution in [2.24, 2.45) is 0 Å². The molecule has 7 nitrogen and oxygen atoms in total. The Labute approximate surface area is 175 Å². The van der Waals surface area contributed by atoms with E-state index in [0.717, 1.165) is 11.1 Å². The summed E-state index contributed by atoms with van der Waals surface area (Å²) in [5, 5.41) is 27.7. The first-order chi connectivity index (χ1) is 14.0. The number of aliphatic hydroxyl groups excluding tert-OH is 3. The predicted molar refractivity (Wildman–Crippen MR) is 108 cm³/mol. The average molecular weight is 427 g/mol. The van der Waals surface area contributed by atoms with Crippen LogP contribution < -0.4 is 9.47 Å². The number of ether oxygens (including phenoxy) is 4. The molecule has 160 valence electrons. The number of hydrogen-bond donors (Lipinski definition) is 3. The van der Waals surface area contributed by atoms with E-state index in [4.69, 9.17) is 35.7 Å². The van der Waals surface area contributed by atoms with Crippen molar-refractivity contribution in [1.82, 2.24) is 0 Å². The largest absolute Gasteiger partial charge is 0.491 e. The molecule has 3 N–H and O–H groups in total. The zero-order valence-corrected chi connectivity index (χ0v) is 17.2. The third kappa shape index (κ3) is 6.05. The third-order valence-corrected chi connectivity index (χ3v) is 4.67. The van der Waals surface area contributed by atoms with Gasteiger partial charge >= 0.3 is 0 Å². The number of hydrogen-bond acceptors (Lipinski definition) is 7. The van der Waals surface area contributed by atoms with Crippen LogP contribution in [0.2, 0.25) is 0 Å². The van der Waals surface area contributed by atoms with Gasteiger partial charge in [0.1, 0.15) is 36.9 Å². The summed E-state index contributed by atoms with van der Waals surface area (Å²) in [6.07, 6.45) is -1.66. The third-order valence-electron chi connectivity index (χ3n) is 4.32. The van der Waals surface area contributed by atoms with Gasteiger partial charge in [0.05, 0.1) is 12.5 Å². The fourth-order valence-corrected chi connectivity index (χ4v) is 2.83. The summed E-state index contributed by atoms with van der Waals surface area (Å²) in [6.45, 7) is -0.260. The van der Waals surface area contributed by atoms with Crippen molar-refractivity contribution in [3.05, 3.63) is 59.7 Å². The minimum atomic E-state index is -1.14. The lowest BCUT2D eigenvalue weighted by molar-refractivity contribution is -0.183. The summed E-state index contributed by atoms with van der Waals surface area (Å²) in [5.41, 5.74) is 1.49. The average Bonchev–Trinajstić information content (AvgIpc) is 2.78. The van der Waals surface area contributed by atoms with Crippen LogP contribution in [0.5, 0.6) is 11.5 Å². The van der Waals surface area contributed by atoms with Gasteiger partial charge in [0.15, 0.2) is 0 Å². The minimum absolute atomic E-state index is 0.00454. The zero-order valence-electron chi connectivity index (χ0n) is 16.5. The van der Waals surface area contributed by atoms with Crippen LogP contribution in [-0.4, -0.2) is 67.4 Å². The predicted octanol–water partition coefficient (Wildman–Crippen LogP) is 1.89. The van der Waals surface area contributed by atoms with Crippen molar-refractivity contribution in [3.8, 4) is 11.5 Å². The van der Waals surface area contributed by atoms with Gasteiger partial charge in [-0.3, -0.25) is 0 Å². The second kappa shape index (κ2) is 11.3. The highest BCUT2D eigenvalue weighted by Gasteiger charge is 2.34. The molecule has 0 heterocycles. The first-order valence-corrected chi connectivity index (χ1v) is 9.62. The lowest BCUT2D eigenvalue weighted by Crippen LogP contribution is -2.32. The van der Waals surface area contributed by atoms with Crippen LogP contribution in [0.25, 0.3) is 0 Å². The molecule has 0 fully saturated rings. The van der Waals surface area contributed by atoms with Gasteiger partial charge in [-0.2, -0.15) is 0 Å². The van der Waals surface area contributed by atoms with Crippen molar-refractivity contribution in [2.45, 2.75) is 18.0 Å². The number of aliphatic hydroxyl groups is 3. The molecule has 0 amide bonds. The molecule has 0 saturated carbocycles. The summed E-state index contributed by atoms with van der Waals surface area (Å²) >= 11 is 5.57. The molecule has 0 spiro atoms. The molecule has 0 saturated heterocycles. The highest BCUT2D eigenvalue weighted by atomic mass is 35.5. The Hall–Kier alpha value is -1.87. The van der Waals surface area contributed by atoms with Gasteiger partial charge in [-0.05, 0) is 48.5 Å². The molecule has 0 radical (unpaired) electrons. The first kappa shape index (κ1) is 23.4. The smallest absolute Gasteiger partial charge is 0.221 e. The van der Waals surface area contributed by atoms with E-state index >= 15 is 0 Å². The lowest BCUT2D eigenvalue weighted by Gasteiger charge is -2.32. The maximum Gasteiger partial charge on any atom is 0.221 e. The van der Waals surface area contributed by atoms with Crippen molar-refractivity contribution < 1.29 is 34.3 Å². The van der Waals surface area contributed by atoms with Crippen LogP contribution >= 0.6 is 11.6 Å². The first-order valence-electron chi connectivity index (χ1n) is 9.09. The van der Waals surface area contributed by atoms with Crippen LogP contribution in [0, 0.1) is 0 Å². The van der Waals surface area contributed by atoms with Gasteiger partial charge in [-0.25, -0.2) is 0 Å². The van der Waals surface area contributed by atoms with E-state index in [1.165, 1.54) is 0 Å². The second-order valence-corrected chi connectivity index (χ2v) is 6.65. The van der Waals surface area contributed by atoms with Gasteiger partial charge in [0.25, 0.3) is 0 Å². The van der Waals surface area contributed by atoms with Crippen molar-refractivity contribution >= 4 is 11.6 Å². The Kier molecular flexibility index (Phi) is 9.16. The molecule has 0 aliphatic rings. The molecule has 2 atom stereocenters. The molecule has 0 aliphatic carbocycles. The fraction of sp³-hybridized carbons (Fsp3) is 0.429. The standard InChI is InChI=1S/C21H27ClO7/c1-26-21(27-2,15-3-7-19(8-4-15)28-13-17(24)11-22)16-5-9-20(10-6-16)29-14-18(25)12-23/h3-10,17-18,23-25H,11-14H2,1-2H3. The van der Waals surface area contributed by atoms with Gasteiger partial charge < -0.3 is 34.3 Å². The number of benzene rings is 2. The van der Waals surface area contributed by atoms with E-state index in [0.29, 0.717) is 11.5 Å². The van der Waals surface area contributed by atoms with E-state index in [1.54, 1.807) is 50.6 Å². The number of methoxy groups -OCH3 is 2. The van der Waals surface area contributed by atoms with E-state index < -0.39 is 18.0 Å². The quantitative estimate of drug-likeness (QED) is 0.352. The van der Waals surface area contributed by atoms with Gasteiger partial charge in [0, 0.05) is 25.3 Å². The summed E-state index contributed by atoms with van der Waals surface area (Å²) < 4.78 is 22.4. The molecular weight excluding hydrogens is 400 g/mol. The highest BCUT2D eigenvalue weighted by Crippen LogP contribution is 2.35. The maximum absolute atomic E-state index is 9.50. The minimum Gasteiger partial charge on any atom is -0.491 e. The SMILES string of the molecule is COC(OC)(c1ccc(OCC(O)CO)cc1)c1ccc(OCC(O)CCl)cc1. The molecule has 0 bridgehead atoms. The number of rotatable bonds is 12. The summed E-state index contributed by atoms with van der Waals surface area (Å²) in [5.74, 6) is 0.0963. The monoisotopic (exact) mass is 426 g/mol. The van der Waals surface area contributed by atoms with E-state index in [2.05, 4.69) is 0 Å². The summed E-state index contributed by atoms with van der Waals surface area (Å²) in [4.78, 5) is 0. The molecular formula is C21H27ClO7. The molecule has 2 rings (SSSR count). The summed E-state index contributed by atoms with van der Waals surface area (Å²) in [7, 11) is 3.10. The van der Waals surface area contributed by atoms with Crippen LogP contribution in [0.15, 0.2) is 48.5 Å². The van der Waals surface area contributed by atoms with E-state index in [1.807, 2.05) is 12.1 Å². The Morgan fingerprint density at radius 1 is 0.793 bits per heavy atom. The maximum atomic E-state index is 9.50. The molecule has 8 heteroatoms. The van der Waals surface area contributed by atoms with Crippen molar-refractivity contribution in [1.29, 1.82) is 0 Å². The Morgan fingerprint density at radius 3 is 1.55 bits per heavy atom. The molecule has 2 aromatic rings. The van der Waals surface area contributed by atoms with Crippen LogP contribution in [0.3, 0.4) is 0 Å². The molecule has 29 heavy (non-hydrogen) atoms. The van der Waals surface area contributed by atoms with E-state index in [9.17, 15) is 10.2 Å². The van der Waals surface area contributed by atoms with Crippen molar-refractivity contribution in [2.75, 3.05) is 39.9 Å². The molecule has 0 aromatic heterocycles. The highest BCUT2D eigenvalue weighted by molar-refractivity contribution is 6.18. The van der Waals surface area contributed by atoms with Gasteiger partial charge in [0.2, 0.25) is 5.79 Å². The van der Waals surface area contributed by atoms with Crippen LogP contribution in [0.1, 0.15) is 11.1 Å². The fourth-order valence-electron chi connectivity index (χ4n) is 2.74.